The number of amidine groups is 1. The van der Waals surface area contributed by atoms with Gasteiger partial charge in [0, 0.05) is 22.6 Å². The molecule has 0 fully saturated rings. The van der Waals surface area contributed by atoms with Gasteiger partial charge in [-0.05, 0) is 42.3 Å². The maximum atomic E-state index is 11.6. The lowest BCUT2D eigenvalue weighted by atomic mass is 9.95. The molecule has 2 atom stereocenters. The van der Waals surface area contributed by atoms with Gasteiger partial charge in [0.25, 0.3) is 6.29 Å². The highest BCUT2D eigenvalue weighted by molar-refractivity contribution is 9.10. The van der Waals surface area contributed by atoms with Gasteiger partial charge in [0.05, 0.1) is 7.11 Å². The minimum Gasteiger partial charge on any atom is -0.496 e. The van der Waals surface area contributed by atoms with E-state index in [9.17, 15) is 4.79 Å². The molecule has 0 aromatic heterocycles. The number of fused-ring (bicyclic) bond motifs is 1. The van der Waals surface area contributed by atoms with Crippen LogP contribution in [0, 0.1) is 6.92 Å². The number of methoxy groups -OCH3 is 1. The summed E-state index contributed by atoms with van der Waals surface area (Å²) >= 11 is 3.50. The zero-order valence-corrected chi connectivity index (χ0v) is 16.7. The highest BCUT2D eigenvalue weighted by Gasteiger charge is 2.33. The van der Waals surface area contributed by atoms with E-state index in [0.717, 1.165) is 32.6 Å². The maximum absolute atomic E-state index is 11.6. The fraction of sp³-hybridized carbons (Fsp3) is 0.263. The van der Waals surface area contributed by atoms with Crippen molar-refractivity contribution < 1.29 is 19.0 Å². The van der Waals surface area contributed by atoms with E-state index in [2.05, 4.69) is 26.3 Å². The monoisotopic (exact) mass is 433 g/mol. The van der Waals surface area contributed by atoms with E-state index in [4.69, 9.17) is 20.1 Å². The fourth-order valence-corrected chi connectivity index (χ4v) is 3.41. The van der Waals surface area contributed by atoms with E-state index in [0.29, 0.717) is 0 Å². The Labute approximate surface area is 165 Å². The van der Waals surface area contributed by atoms with Gasteiger partial charge in [-0.1, -0.05) is 28.1 Å². The van der Waals surface area contributed by atoms with Gasteiger partial charge in [0.1, 0.15) is 11.9 Å². The number of nitrogens with one attached hydrogen (secondary N) is 1. The Morgan fingerprint density at radius 3 is 2.74 bits per heavy atom. The summed E-state index contributed by atoms with van der Waals surface area (Å²) in [5.74, 6) is 5.95. The third-order valence-electron chi connectivity index (χ3n) is 4.28. The molecule has 0 saturated heterocycles. The van der Waals surface area contributed by atoms with Crippen LogP contribution in [0.25, 0.3) is 0 Å². The van der Waals surface area contributed by atoms with Gasteiger partial charge in [-0.25, -0.2) is 0 Å². The van der Waals surface area contributed by atoms with Crippen molar-refractivity contribution in [2.45, 2.75) is 26.2 Å². The first kappa shape index (κ1) is 19.2. The molecule has 3 N–H and O–H groups in total. The Hall–Kier alpha value is -2.58. The molecule has 2 aromatic carbocycles. The number of hydrazone groups is 1. The molecule has 0 aliphatic carbocycles. The van der Waals surface area contributed by atoms with Crippen LogP contribution >= 0.6 is 15.9 Å². The number of carbonyl (C=O) groups is 1. The van der Waals surface area contributed by atoms with Gasteiger partial charge in [0.15, 0.2) is 5.84 Å². The molecule has 142 valence electrons. The molecular weight excluding hydrogens is 414 g/mol. The van der Waals surface area contributed by atoms with E-state index < -0.39 is 18.4 Å². The molecule has 0 bridgehead atoms. The number of hydrogen-bond acceptors (Lipinski definition) is 6. The van der Waals surface area contributed by atoms with Gasteiger partial charge >= 0.3 is 5.97 Å². The first-order valence-electron chi connectivity index (χ1n) is 8.25. The average Bonchev–Trinajstić information content (AvgIpc) is 2.78. The molecule has 2 aromatic rings. The SMILES string of the molecule is COc1cccc(C2OC(OC(C)=O)C(=NN)Nc3ccc(Br)cc32)c1C. The number of hydrogen-bond donors (Lipinski definition) is 2. The molecule has 7 nitrogen and oxygen atoms in total. The van der Waals surface area contributed by atoms with Crippen LogP contribution in [0.5, 0.6) is 5.75 Å². The van der Waals surface area contributed by atoms with Crippen LogP contribution in [0.1, 0.15) is 29.7 Å². The summed E-state index contributed by atoms with van der Waals surface area (Å²) in [6.07, 6.45) is -1.61. The number of anilines is 1. The summed E-state index contributed by atoms with van der Waals surface area (Å²) in [4.78, 5) is 11.6. The van der Waals surface area contributed by atoms with Crippen LogP contribution in [0.3, 0.4) is 0 Å². The second-order valence-corrected chi connectivity index (χ2v) is 6.92. The van der Waals surface area contributed by atoms with Crippen molar-refractivity contribution in [3.05, 3.63) is 57.6 Å². The van der Waals surface area contributed by atoms with E-state index in [1.165, 1.54) is 6.92 Å². The Balaban J connectivity index is 2.18. The Kier molecular flexibility index (Phi) is 5.67. The number of nitrogens with zero attached hydrogens (tertiary/aromatic N) is 1. The van der Waals surface area contributed by atoms with Crippen LogP contribution in [0.2, 0.25) is 0 Å². The van der Waals surface area contributed by atoms with Crippen LogP contribution in [-0.4, -0.2) is 25.2 Å². The molecule has 2 unspecified atom stereocenters. The Morgan fingerprint density at radius 2 is 2.07 bits per heavy atom. The zero-order chi connectivity index (χ0) is 19.6. The number of halogens is 1. The Morgan fingerprint density at radius 1 is 1.30 bits per heavy atom. The van der Waals surface area contributed by atoms with Crippen LogP contribution in [-0.2, 0) is 14.3 Å². The molecule has 1 heterocycles. The third kappa shape index (κ3) is 3.91. The molecule has 27 heavy (non-hydrogen) atoms. The van der Waals surface area contributed by atoms with Crippen molar-refractivity contribution in [1.29, 1.82) is 0 Å². The van der Waals surface area contributed by atoms with E-state index in [1.807, 2.05) is 43.3 Å². The third-order valence-corrected chi connectivity index (χ3v) is 4.78. The van der Waals surface area contributed by atoms with Crippen molar-refractivity contribution in [3.63, 3.8) is 0 Å². The largest absolute Gasteiger partial charge is 0.496 e. The number of ether oxygens (including phenoxy) is 3. The second kappa shape index (κ2) is 7.98. The van der Waals surface area contributed by atoms with Crippen LogP contribution in [0.4, 0.5) is 5.69 Å². The molecule has 1 aliphatic heterocycles. The molecule has 8 heteroatoms. The van der Waals surface area contributed by atoms with E-state index in [-0.39, 0.29) is 5.84 Å². The van der Waals surface area contributed by atoms with E-state index >= 15 is 0 Å². The van der Waals surface area contributed by atoms with Crippen molar-refractivity contribution in [2.75, 3.05) is 12.4 Å². The fourth-order valence-electron chi connectivity index (χ4n) is 3.03. The summed E-state index contributed by atoms with van der Waals surface area (Å²) in [5, 5.41) is 6.82. The number of benzene rings is 2. The van der Waals surface area contributed by atoms with Crippen molar-refractivity contribution in [2.24, 2.45) is 10.9 Å². The van der Waals surface area contributed by atoms with Crippen molar-refractivity contribution in [3.8, 4) is 5.75 Å². The van der Waals surface area contributed by atoms with Crippen molar-refractivity contribution >= 4 is 33.4 Å². The molecule has 1 aliphatic rings. The number of rotatable bonds is 3. The molecule has 0 amide bonds. The smallest absolute Gasteiger partial charge is 0.305 e. The molecule has 0 saturated carbocycles. The van der Waals surface area contributed by atoms with Crippen LogP contribution in [0.15, 0.2) is 46.0 Å². The lowest BCUT2D eigenvalue weighted by Crippen LogP contribution is -2.34. The lowest BCUT2D eigenvalue weighted by Gasteiger charge is -2.24. The first-order chi connectivity index (χ1) is 12.9. The van der Waals surface area contributed by atoms with Gasteiger partial charge < -0.3 is 25.4 Å². The van der Waals surface area contributed by atoms with E-state index in [1.54, 1.807) is 7.11 Å². The number of carbonyl (C=O) groups excluding carboxylic acids is 1. The molecule has 0 spiro atoms. The lowest BCUT2D eigenvalue weighted by molar-refractivity contribution is -0.167. The molecule has 3 rings (SSSR count). The predicted molar refractivity (Wildman–Crippen MR) is 106 cm³/mol. The summed E-state index contributed by atoms with van der Waals surface area (Å²) in [6, 6.07) is 11.4. The summed E-state index contributed by atoms with van der Waals surface area (Å²) in [6.45, 7) is 3.25. The summed E-state index contributed by atoms with van der Waals surface area (Å²) in [7, 11) is 1.62. The quantitative estimate of drug-likeness (QED) is 0.437. The summed E-state index contributed by atoms with van der Waals surface area (Å²) in [5.41, 5.74) is 3.40. The average molecular weight is 434 g/mol. The van der Waals surface area contributed by atoms with Gasteiger partial charge in [-0.15, -0.1) is 0 Å². The molecule has 0 radical (unpaired) electrons. The number of nitrogens with two attached hydrogens (primary N) is 1. The summed E-state index contributed by atoms with van der Waals surface area (Å²) < 4.78 is 17.8. The normalized spacial score (nSPS) is 20.4. The minimum absolute atomic E-state index is 0.205. The van der Waals surface area contributed by atoms with Gasteiger partial charge in [0.2, 0.25) is 0 Å². The Bertz CT molecular complexity index is 901. The zero-order valence-electron chi connectivity index (χ0n) is 15.2. The van der Waals surface area contributed by atoms with Gasteiger partial charge in [-0.2, -0.15) is 5.10 Å². The van der Waals surface area contributed by atoms with Crippen LogP contribution < -0.4 is 15.9 Å². The highest BCUT2D eigenvalue weighted by Crippen LogP contribution is 2.40. The maximum Gasteiger partial charge on any atom is 0.305 e. The predicted octanol–water partition coefficient (Wildman–Crippen LogP) is 3.46. The molecular formula is C19H20BrN3O4. The minimum atomic E-state index is -1.07. The standard InChI is InChI=1S/C19H20BrN3O4/c1-10-13(5-4-6-16(10)25-3)17-14-9-12(20)7-8-15(14)22-18(23-21)19(27-17)26-11(2)24/h4-9,17,19H,21H2,1-3H3,(H,22,23). The highest BCUT2D eigenvalue weighted by atomic mass is 79.9. The topological polar surface area (TPSA) is 95.2 Å². The van der Waals surface area contributed by atoms with Gasteiger partial charge in [-0.3, -0.25) is 4.79 Å². The number of esters is 1. The second-order valence-electron chi connectivity index (χ2n) is 6.00. The first-order valence-corrected chi connectivity index (χ1v) is 9.04. The van der Waals surface area contributed by atoms with Crippen molar-refractivity contribution in [1.82, 2.24) is 0 Å².